The molecule has 45 heavy (non-hydrogen) atoms. The van der Waals surface area contributed by atoms with Gasteiger partial charge in [0.05, 0.1) is 6.54 Å². The summed E-state index contributed by atoms with van der Waals surface area (Å²) in [5.74, 6) is 0.303. The van der Waals surface area contributed by atoms with E-state index in [2.05, 4.69) is 20.5 Å². The van der Waals surface area contributed by atoms with Gasteiger partial charge in [-0.25, -0.2) is 9.78 Å². The number of nitrogens with zero attached hydrogens (tertiary/aromatic N) is 4. The van der Waals surface area contributed by atoms with Crippen molar-refractivity contribution in [3.8, 4) is 11.5 Å². The summed E-state index contributed by atoms with van der Waals surface area (Å²) in [6.45, 7) is 7.79. The Balaban J connectivity index is 1.50. The van der Waals surface area contributed by atoms with Crippen LogP contribution < -0.4 is 5.32 Å². The average Bonchev–Trinajstić information content (AvgIpc) is 3.66. The van der Waals surface area contributed by atoms with Crippen LogP contribution in [0.4, 0.5) is 4.79 Å². The van der Waals surface area contributed by atoms with Crippen molar-refractivity contribution in [3.63, 3.8) is 0 Å². The van der Waals surface area contributed by atoms with Crippen LogP contribution in [0.5, 0.6) is 0 Å². The van der Waals surface area contributed by atoms with Gasteiger partial charge in [0.25, 0.3) is 5.91 Å². The number of amides is 2. The van der Waals surface area contributed by atoms with Crippen LogP contribution in [-0.4, -0.2) is 44.7 Å². The number of hydrogen-bond acceptors (Lipinski definition) is 8. The van der Waals surface area contributed by atoms with Crippen molar-refractivity contribution in [2.45, 2.75) is 58.2 Å². The molecule has 0 bridgehead atoms. The van der Waals surface area contributed by atoms with E-state index in [4.69, 9.17) is 9.15 Å². The maximum absolute atomic E-state index is 13.4. The highest BCUT2D eigenvalue weighted by atomic mass is 32.1. The molecular formula is C35H37N5O4S. The Kier molecular flexibility index (Phi) is 9.43. The van der Waals surface area contributed by atoms with Crippen LogP contribution in [0.3, 0.4) is 0 Å². The molecule has 232 valence electrons. The third-order valence-corrected chi connectivity index (χ3v) is 7.97. The van der Waals surface area contributed by atoms with E-state index in [9.17, 15) is 9.59 Å². The predicted octanol–water partition coefficient (Wildman–Crippen LogP) is 6.98. The smallest absolute Gasteiger partial charge is 0.408 e. The van der Waals surface area contributed by atoms with Crippen molar-refractivity contribution >= 4 is 23.3 Å². The predicted molar refractivity (Wildman–Crippen MR) is 174 cm³/mol. The van der Waals surface area contributed by atoms with Crippen molar-refractivity contribution in [3.05, 3.63) is 124 Å². The number of aromatic nitrogens is 3. The Morgan fingerprint density at radius 3 is 2.13 bits per heavy atom. The molecule has 0 saturated heterocycles. The van der Waals surface area contributed by atoms with Crippen LogP contribution in [0, 0.1) is 6.92 Å². The Hall–Kier alpha value is -4.83. The van der Waals surface area contributed by atoms with Gasteiger partial charge in [-0.05, 0) is 57.0 Å². The van der Waals surface area contributed by atoms with Gasteiger partial charge in [0.15, 0.2) is 0 Å². The van der Waals surface area contributed by atoms with Crippen molar-refractivity contribution in [2.24, 2.45) is 0 Å². The lowest BCUT2D eigenvalue weighted by molar-refractivity contribution is 0.0429. The van der Waals surface area contributed by atoms with Gasteiger partial charge < -0.3 is 19.4 Å². The normalized spacial score (nSPS) is 11.7. The van der Waals surface area contributed by atoms with Gasteiger partial charge in [0.1, 0.15) is 16.1 Å². The molecule has 5 aromatic rings. The number of benzene rings is 3. The summed E-state index contributed by atoms with van der Waals surface area (Å²) in [5.41, 5.74) is 2.08. The summed E-state index contributed by atoms with van der Waals surface area (Å²) in [6.07, 6.45) is 0.131. The van der Waals surface area contributed by atoms with Gasteiger partial charge in [0, 0.05) is 42.1 Å². The summed E-state index contributed by atoms with van der Waals surface area (Å²) in [5, 5.41) is 14.8. The molecule has 2 heterocycles. The molecule has 0 spiro atoms. The van der Waals surface area contributed by atoms with Crippen LogP contribution in [0.25, 0.3) is 11.5 Å². The molecule has 0 aliphatic heterocycles. The third-order valence-electron chi connectivity index (χ3n) is 7.01. The van der Waals surface area contributed by atoms with Crippen LogP contribution in [0.1, 0.15) is 58.8 Å². The lowest BCUT2D eigenvalue weighted by atomic mass is 9.84. The molecule has 2 aromatic heterocycles. The van der Waals surface area contributed by atoms with Gasteiger partial charge in [-0.3, -0.25) is 4.79 Å². The second-order valence-corrected chi connectivity index (χ2v) is 13.0. The number of thiazole rings is 1. The first-order valence-corrected chi connectivity index (χ1v) is 15.6. The number of hydrogen-bond donors (Lipinski definition) is 1. The monoisotopic (exact) mass is 623 g/mol. The summed E-state index contributed by atoms with van der Waals surface area (Å²) in [4.78, 5) is 32.8. The van der Waals surface area contributed by atoms with Crippen LogP contribution >= 0.6 is 11.3 Å². The second kappa shape index (κ2) is 13.4. The van der Waals surface area contributed by atoms with Gasteiger partial charge in [-0.2, -0.15) is 0 Å². The molecule has 0 unspecified atom stereocenters. The zero-order chi connectivity index (χ0) is 32.0. The molecule has 1 N–H and O–H groups in total. The summed E-state index contributed by atoms with van der Waals surface area (Å²) < 4.78 is 12.1. The maximum atomic E-state index is 13.4. The minimum atomic E-state index is -1.14. The fourth-order valence-corrected chi connectivity index (χ4v) is 5.86. The fraction of sp³-hybridized carbons (Fsp3) is 0.286. The van der Waals surface area contributed by atoms with Crippen molar-refractivity contribution in [2.75, 3.05) is 7.05 Å². The van der Waals surface area contributed by atoms with Gasteiger partial charge in [-0.1, -0.05) is 66.7 Å². The first-order valence-electron chi connectivity index (χ1n) is 14.7. The van der Waals surface area contributed by atoms with Gasteiger partial charge >= 0.3 is 6.09 Å². The lowest BCUT2D eigenvalue weighted by Gasteiger charge is -2.33. The van der Waals surface area contributed by atoms with Crippen molar-refractivity contribution < 1.29 is 18.7 Å². The molecular weight excluding hydrogens is 586 g/mol. The van der Waals surface area contributed by atoms with Crippen molar-refractivity contribution in [1.82, 2.24) is 25.4 Å². The zero-order valence-electron chi connectivity index (χ0n) is 26.1. The van der Waals surface area contributed by atoms with E-state index in [0.717, 1.165) is 21.8 Å². The summed E-state index contributed by atoms with van der Waals surface area (Å²) in [6, 6.07) is 26.7. The molecule has 0 fully saturated rings. The van der Waals surface area contributed by atoms with E-state index in [1.165, 1.54) is 11.3 Å². The summed E-state index contributed by atoms with van der Waals surface area (Å²) in [7, 11) is 1.75. The number of carbonyl (C=O) groups is 2. The number of aryl methyl sites for hydroxylation is 1. The fourth-order valence-electron chi connectivity index (χ4n) is 5.03. The van der Waals surface area contributed by atoms with E-state index < -0.39 is 17.2 Å². The Labute approximate surface area is 267 Å². The molecule has 9 nitrogen and oxygen atoms in total. The van der Waals surface area contributed by atoms with E-state index >= 15 is 0 Å². The molecule has 0 radical (unpaired) electrons. The van der Waals surface area contributed by atoms with Gasteiger partial charge in [-0.15, -0.1) is 21.5 Å². The Morgan fingerprint density at radius 2 is 1.56 bits per heavy atom. The molecule has 10 heteroatoms. The topological polar surface area (TPSA) is 110 Å². The first-order chi connectivity index (χ1) is 21.5. The first kappa shape index (κ1) is 31.6. The van der Waals surface area contributed by atoms with Crippen LogP contribution in [-0.2, 0) is 29.7 Å². The van der Waals surface area contributed by atoms with E-state index in [1.54, 1.807) is 30.1 Å². The molecule has 0 saturated carbocycles. The largest absolute Gasteiger partial charge is 0.444 e. The van der Waals surface area contributed by atoms with Crippen LogP contribution in [0.15, 0.2) is 94.7 Å². The molecule has 5 rings (SSSR count). The summed E-state index contributed by atoms with van der Waals surface area (Å²) >= 11 is 1.53. The number of ether oxygens (including phenoxy) is 1. The highest BCUT2D eigenvalue weighted by Crippen LogP contribution is 2.32. The van der Waals surface area contributed by atoms with Crippen LogP contribution in [0.2, 0.25) is 0 Å². The molecule has 0 aliphatic carbocycles. The number of rotatable bonds is 10. The number of nitrogens with one attached hydrogen (secondary N) is 1. The standard InChI is InChI=1S/C35H37N5O4S/c1-24-23-45-29(36-24)22-40(5)31(41)28-18-12-17-27(19-28)30-38-39-32(43-30)35(20-25-13-8-6-9-14-25,21-26-15-10-7-11-16-26)37-33(42)44-34(2,3)4/h6-19,23H,20-22H2,1-5H3,(H,37,42). The minimum Gasteiger partial charge on any atom is -0.444 e. The third kappa shape index (κ3) is 8.21. The molecule has 0 aliphatic rings. The molecule has 2 amide bonds. The molecule has 0 atom stereocenters. The van der Waals surface area contributed by atoms with E-state index in [-0.39, 0.29) is 17.7 Å². The van der Waals surface area contributed by atoms with E-state index in [0.29, 0.717) is 30.5 Å². The SMILES string of the molecule is Cc1csc(CN(C)C(=O)c2cccc(-c3nnc(C(Cc4ccccc4)(Cc4ccccc4)NC(=O)OC(C)(C)C)o3)c2)n1. The van der Waals surface area contributed by atoms with Crippen molar-refractivity contribution in [1.29, 1.82) is 0 Å². The quantitative estimate of drug-likeness (QED) is 0.179. The maximum Gasteiger partial charge on any atom is 0.408 e. The number of carbonyl (C=O) groups excluding carboxylic acids is 2. The average molecular weight is 624 g/mol. The second-order valence-electron chi connectivity index (χ2n) is 12.1. The zero-order valence-corrected chi connectivity index (χ0v) is 26.9. The Bertz CT molecular complexity index is 1700. The molecule has 3 aromatic carbocycles. The highest BCUT2D eigenvalue weighted by molar-refractivity contribution is 7.09. The van der Waals surface area contributed by atoms with Gasteiger partial charge in [0.2, 0.25) is 11.8 Å². The Morgan fingerprint density at radius 1 is 0.911 bits per heavy atom. The number of alkyl carbamates (subject to hydrolysis) is 1. The minimum absolute atomic E-state index is 0.154. The van der Waals surface area contributed by atoms with E-state index in [1.807, 2.05) is 99.8 Å². The highest BCUT2D eigenvalue weighted by Gasteiger charge is 2.41. The lowest BCUT2D eigenvalue weighted by Crippen LogP contribution is -2.51.